The third-order valence-corrected chi connectivity index (χ3v) is 4.50. The molecule has 0 spiro atoms. The van der Waals surface area contributed by atoms with Gasteiger partial charge in [-0.25, -0.2) is 4.98 Å². The van der Waals surface area contributed by atoms with Gasteiger partial charge in [-0.05, 0) is 37.4 Å². The van der Waals surface area contributed by atoms with Crippen LogP contribution < -0.4 is 4.90 Å². The number of aliphatic imine (C=N–C) groups is 1. The largest absolute Gasteiger partial charge is 0.369 e. The van der Waals surface area contributed by atoms with Gasteiger partial charge in [-0.15, -0.1) is 0 Å². The average Bonchev–Trinajstić information content (AvgIpc) is 2.69. The van der Waals surface area contributed by atoms with E-state index < -0.39 is 0 Å². The van der Waals surface area contributed by atoms with E-state index in [0.29, 0.717) is 0 Å². The first-order chi connectivity index (χ1) is 12.7. The summed E-state index contributed by atoms with van der Waals surface area (Å²) in [5.41, 5.74) is 4.58. The van der Waals surface area contributed by atoms with Crippen LogP contribution in [0.5, 0.6) is 0 Å². The van der Waals surface area contributed by atoms with Crippen LogP contribution in [0.15, 0.2) is 66.3 Å². The lowest BCUT2D eigenvalue weighted by atomic mass is 10.1. The predicted octanol–water partition coefficient (Wildman–Crippen LogP) is 3.06. The van der Waals surface area contributed by atoms with Crippen LogP contribution in [0.3, 0.4) is 0 Å². The fraction of sp³-hybridized carbons (Fsp3) is 0.286. The third kappa shape index (κ3) is 4.24. The minimum atomic E-state index is 0.832. The topological polar surface area (TPSA) is 44.6 Å². The summed E-state index contributed by atoms with van der Waals surface area (Å²) in [4.78, 5) is 18.5. The average molecular weight is 347 g/mol. The van der Waals surface area contributed by atoms with E-state index in [1.165, 1.54) is 0 Å². The smallest absolute Gasteiger partial charge is 0.0914 e. The molecular weight excluding hydrogens is 322 g/mol. The summed E-state index contributed by atoms with van der Waals surface area (Å²) in [6.45, 7) is 7.86. The second-order valence-electron chi connectivity index (χ2n) is 6.30. The number of nitrogens with zero attached hydrogens (tertiary/aromatic N) is 5. The van der Waals surface area contributed by atoms with Crippen molar-refractivity contribution in [1.82, 2.24) is 14.9 Å². The number of piperazine rings is 1. The van der Waals surface area contributed by atoms with Gasteiger partial charge in [0.25, 0.3) is 0 Å². The van der Waals surface area contributed by atoms with Crippen molar-refractivity contribution in [1.29, 1.82) is 0 Å². The second-order valence-corrected chi connectivity index (χ2v) is 6.30. The van der Waals surface area contributed by atoms with E-state index in [4.69, 9.17) is 4.98 Å². The summed E-state index contributed by atoms with van der Waals surface area (Å²) in [5, 5.41) is 0. The Hall–Kier alpha value is -2.79. The Balaban J connectivity index is 2.04. The molecule has 0 atom stereocenters. The summed E-state index contributed by atoms with van der Waals surface area (Å²) < 4.78 is 0. The third-order valence-electron chi connectivity index (χ3n) is 4.50. The molecule has 0 N–H and O–H groups in total. The molecule has 0 aliphatic carbocycles. The highest BCUT2D eigenvalue weighted by atomic mass is 15.2. The molecule has 0 amide bonds. The van der Waals surface area contributed by atoms with E-state index in [2.05, 4.69) is 45.5 Å². The van der Waals surface area contributed by atoms with Gasteiger partial charge in [0.1, 0.15) is 0 Å². The van der Waals surface area contributed by atoms with Crippen LogP contribution in [0.4, 0.5) is 5.69 Å². The number of allylic oxidation sites excluding steroid dienone is 3. The van der Waals surface area contributed by atoms with Crippen LogP contribution in [0.25, 0.3) is 11.4 Å². The Morgan fingerprint density at radius 3 is 2.62 bits per heavy atom. The second kappa shape index (κ2) is 8.54. The molecule has 134 valence electrons. The maximum atomic E-state index is 4.82. The molecule has 0 unspecified atom stereocenters. The number of aromatic nitrogens is 2. The molecule has 1 aliphatic heterocycles. The van der Waals surface area contributed by atoms with Crippen molar-refractivity contribution < 1.29 is 0 Å². The fourth-order valence-electron chi connectivity index (χ4n) is 2.97. The van der Waals surface area contributed by atoms with E-state index in [1.54, 1.807) is 19.3 Å². The van der Waals surface area contributed by atoms with E-state index >= 15 is 0 Å². The van der Waals surface area contributed by atoms with E-state index in [0.717, 1.165) is 54.7 Å². The van der Waals surface area contributed by atoms with Crippen molar-refractivity contribution in [2.75, 3.05) is 45.2 Å². The molecule has 3 heterocycles. The summed E-state index contributed by atoms with van der Waals surface area (Å²) in [6, 6.07) is 10.1. The van der Waals surface area contributed by atoms with Gasteiger partial charge in [0.15, 0.2) is 0 Å². The summed E-state index contributed by atoms with van der Waals surface area (Å²) >= 11 is 0. The first-order valence-electron chi connectivity index (χ1n) is 8.84. The molecule has 5 heteroatoms. The lowest BCUT2D eigenvalue weighted by Crippen LogP contribution is -2.44. The van der Waals surface area contributed by atoms with Crippen molar-refractivity contribution in [3.8, 4) is 11.4 Å². The minimum Gasteiger partial charge on any atom is -0.369 e. The zero-order valence-corrected chi connectivity index (χ0v) is 15.5. The Bertz CT molecular complexity index is 802. The van der Waals surface area contributed by atoms with Gasteiger partial charge in [0.2, 0.25) is 0 Å². The van der Waals surface area contributed by atoms with E-state index in [9.17, 15) is 0 Å². The van der Waals surface area contributed by atoms with Gasteiger partial charge < -0.3 is 9.80 Å². The SMILES string of the molecule is C=C/C=C\C(=NC)c1cc(N2CCN(C)CC2)cc(-c2ccccn2)n1. The molecule has 26 heavy (non-hydrogen) atoms. The molecule has 1 aliphatic rings. The molecule has 5 nitrogen and oxygen atoms in total. The molecule has 0 aromatic carbocycles. The number of likely N-dealkylation sites (N-methyl/N-ethyl adjacent to an activating group) is 1. The van der Waals surface area contributed by atoms with Gasteiger partial charge in [-0.3, -0.25) is 9.98 Å². The first-order valence-corrected chi connectivity index (χ1v) is 8.84. The van der Waals surface area contributed by atoms with Gasteiger partial charge in [0, 0.05) is 45.1 Å². The minimum absolute atomic E-state index is 0.832. The van der Waals surface area contributed by atoms with Crippen LogP contribution in [-0.2, 0) is 0 Å². The highest BCUT2D eigenvalue weighted by Crippen LogP contribution is 2.24. The van der Waals surface area contributed by atoms with Crippen molar-refractivity contribution in [2.45, 2.75) is 0 Å². The molecule has 0 saturated carbocycles. The quantitative estimate of drug-likeness (QED) is 0.616. The molecular formula is C21H25N5. The van der Waals surface area contributed by atoms with Gasteiger partial charge in [-0.1, -0.05) is 24.8 Å². The molecule has 3 rings (SSSR count). The standard InChI is InChI=1S/C21H25N5/c1-4-5-8-18(22-2)20-15-17(26-13-11-25(3)12-14-26)16-21(24-20)19-9-6-7-10-23-19/h4-10,15-16H,1,11-14H2,2-3H3/b8-5-,22-18?. The summed E-state index contributed by atoms with van der Waals surface area (Å²) in [5.74, 6) is 0. The maximum absolute atomic E-state index is 4.82. The fourth-order valence-corrected chi connectivity index (χ4v) is 2.97. The number of pyridine rings is 2. The van der Waals surface area contributed by atoms with Crippen molar-refractivity contribution in [3.05, 3.63) is 67.0 Å². The molecule has 2 aromatic rings. The normalized spacial score (nSPS) is 16.2. The predicted molar refractivity (Wildman–Crippen MR) is 109 cm³/mol. The Kier molecular flexibility index (Phi) is 5.92. The number of rotatable bonds is 5. The molecule has 1 fully saturated rings. The summed E-state index contributed by atoms with van der Waals surface area (Å²) in [6.07, 6.45) is 7.36. The van der Waals surface area contributed by atoms with Crippen molar-refractivity contribution >= 4 is 11.4 Å². The van der Waals surface area contributed by atoms with Gasteiger partial charge in [0.05, 0.1) is 22.8 Å². The molecule has 0 bridgehead atoms. The Morgan fingerprint density at radius 2 is 1.96 bits per heavy atom. The van der Waals surface area contributed by atoms with Crippen molar-refractivity contribution in [2.24, 2.45) is 4.99 Å². The Morgan fingerprint density at radius 1 is 1.15 bits per heavy atom. The molecule has 1 saturated heterocycles. The summed E-state index contributed by atoms with van der Waals surface area (Å²) in [7, 11) is 3.95. The number of anilines is 1. The van der Waals surface area contributed by atoms with Gasteiger partial charge in [-0.2, -0.15) is 0 Å². The van der Waals surface area contributed by atoms with Crippen LogP contribution in [-0.4, -0.2) is 60.9 Å². The number of hydrogen-bond acceptors (Lipinski definition) is 5. The van der Waals surface area contributed by atoms with Crippen LogP contribution in [0.1, 0.15) is 5.69 Å². The van der Waals surface area contributed by atoms with Gasteiger partial charge >= 0.3 is 0 Å². The Labute approximate surface area is 155 Å². The highest BCUT2D eigenvalue weighted by molar-refractivity contribution is 6.08. The monoisotopic (exact) mass is 347 g/mol. The van der Waals surface area contributed by atoms with E-state index in [-0.39, 0.29) is 0 Å². The zero-order chi connectivity index (χ0) is 18.4. The lowest BCUT2D eigenvalue weighted by Gasteiger charge is -2.34. The van der Waals surface area contributed by atoms with Crippen LogP contribution in [0, 0.1) is 0 Å². The zero-order valence-electron chi connectivity index (χ0n) is 15.5. The van der Waals surface area contributed by atoms with Crippen molar-refractivity contribution in [3.63, 3.8) is 0 Å². The highest BCUT2D eigenvalue weighted by Gasteiger charge is 2.17. The molecule has 2 aromatic heterocycles. The number of hydrogen-bond donors (Lipinski definition) is 0. The maximum Gasteiger partial charge on any atom is 0.0914 e. The van der Waals surface area contributed by atoms with Crippen LogP contribution >= 0.6 is 0 Å². The van der Waals surface area contributed by atoms with Crippen LogP contribution in [0.2, 0.25) is 0 Å². The lowest BCUT2D eigenvalue weighted by molar-refractivity contribution is 0.313. The first kappa shape index (κ1) is 18.0. The van der Waals surface area contributed by atoms with E-state index in [1.807, 2.05) is 30.4 Å². The molecule has 0 radical (unpaired) electrons.